The summed E-state index contributed by atoms with van der Waals surface area (Å²) in [6.45, 7) is 1.56. The van der Waals surface area contributed by atoms with Crippen LogP contribution in [-0.4, -0.2) is 18.6 Å². The Morgan fingerprint density at radius 3 is 2.65 bits per heavy atom. The molecule has 8 heteroatoms. The van der Waals surface area contributed by atoms with Gasteiger partial charge in [0, 0.05) is 18.2 Å². The topological polar surface area (TPSA) is 89.3 Å². The summed E-state index contributed by atoms with van der Waals surface area (Å²) in [5.41, 5.74) is 0.954. The SMILES string of the molecule is Cc1c(CNS(=O)(=O)CCl)cccc1[N+](=O)[O-]. The van der Waals surface area contributed by atoms with Crippen molar-refractivity contribution in [1.29, 1.82) is 0 Å². The third-order valence-corrected chi connectivity index (χ3v) is 3.97. The normalized spacial score (nSPS) is 11.4. The number of hydrogen-bond donors (Lipinski definition) is 1. The van der Waals surface area contributed by atoms with E-state index in [9.17, 15) is 18.5 Å². The van der Waals surface area contributed by atoms with Crippen LogP contribution < -0.4 is 4.72 Å². The lowest BCUT2D eigenvalue weighted by atomic mass is 10.1. The summed E-state index contributed by atoms with van der Waals surface area (Å²) in [6.07, 6.45) is 0. The van der Waals surface area contributed by atoms with Gasteiger partial charge in [0.1, 0.15) is 5.21 Å². The first-order valence-corrected chi connectivity index (χ1v) is 6.82. The Kier molecular flexibility index (Phi) is 4.44. The summed E-state index contributed by atoms with van der Waals surface area (Å²) in [5.74, 6) is 0. The highest BCUT2D eigenvalue weighted by molar-refractivity contribution is 7.90. The summed E-state index contributed by atoms with van der Waals surface area (Å²) < 4.78 is 24.5. The van der Waals surface area contributed by atoms with Crippen molar-refractivity contribution < 1.29 is 13.3 Å². The summed E-state index contributed by atoms with van der Waals surface area (Å²) in [6, 6.07) is 4.50. The van der Waals surface area contributed by atoms with Gasteiger partial charge in [-0.1, -0.05) is 12.1 Å². The molecular formula is C9H11ClN2O4S. The van der Waals surface area contributed by atoms with Gasteiger partial charge in [-0.15, -0.1) is 11.6 Å². The Hall–Kier alpha value is -1.18. The third kappa shape index (κ3) is 3.65. The predicted octanol–water partition coefficient (Wildman–Crippen LogP) is 1.52. The van der Waals surface area contributed by atoms with Gasteiger partial charge in [0.15, 0.2) is 0 Å². The minimum Gasteiger partial charge on any atom is -0.258 e. The van der Waals surface area contributed by atoms with Crippen LogP contribution in [0.3, 0.4) is 0 Å². The predicted molar refractivity (Wildman–Crippen MR) is 64.3 cm³/mol. The summed E-state index contributed by atoms with van der Waals surface area (Å²) in [4.78, 5) is 10.2. The van der Waals surface area contributed by atoms with E-state index >= 15 is 0 Å². The molecule has 1 N–H and O–H groups in total. The number of nitrogens with one attached hydrogen (secondary N) is 1. The molecule has 0 saturated heterocycles. The van der Waals surface area contributed by atoms with Crippen molar-refractivity contribution in [3.8, 4) is 0 Å². The van der Waals surface area contributed by atoms with E-state index in [-0.39, 0.29) is 12.2 Å². The number of nitro groups is 1. The van der Waals surface area contributed by atoms with Crippen LogP contribution in [0.5, 0.6) is 0 Å². The molecule has 6 nitrogen and oxygen atoms in total. The Balaban J connectivity index is 2.94. The average Bonchev–Trinajstić information content (AvgIpc) is 2.27. The van der Waals surface area contributed by atoms with Crippen molar-refractivity contribution in [2.45, 2.75) is 13.5 Å². The lowest BCUT2D eigenvalue weighted by Crippen LogP contribution is -2.24. The number of benzene rings is 1. The van der Waals surface area contributed by atoms with Crippen LogP contribution in [0, 0.1) is 17.0 Å². The number of sulfonamides is 1. The molecule has 1 aromatic rings. The summed E-state index contributed by atoms with van der Waals surface area (Å²) >= 11 is 5.22. The van der Waals surface area contributed by atoms with Crippen LogP contribution in [-0.2, 0) is 16.6 Å². The van der Waals surface area contributed by atoms with Gasteiger partial charge in [-0.25, -0.2) is 13.1 Å². The van der Waals surface area contributed by atoms with E-state index in [1.54, 1.807) is 13.0 Å². The number of hydrogen-bond acceptors (Lipinski definition) is 4. The van der Waals surface area contributed by atoms with Crippen LogP contribution in [0.4, 0.5) is 5.69 Å². The maximum atomic E-state index is 11.1. The average molecular weight is 279 g/mol. The first kappa shape index (κ1) is 13.9. The molecular weight excluding hydrogens is 268 g/mol. The van der Waals surface area contributed by atoms with E-state index in [2.05, 4.69) is 4.72 Å². The van der Waals surface area contributed by atoms with E-state index in [1.165, 1.54) is 12.1 Å². The van der Waals surface area contributed by atoms with Crippen molar-refractivity contribution in [2.24, 2.45) is 0 Å². The maximum absolute atomic E-state index is 11.1. The highest BCUT2D eigenvalue weighted by Crippen LogP contribution is 2.20. The van der Waals surface area contributed by atoms with Gasteiger partial charge in [-0.05, 0) is 12.5 Å². The van der Waals surface area contributed by atoms with Gasteiger partial charge in [0.2, 0.25) is 10.0 Å². The second kappa shape index (κ2) is 5.44. The van der Waals surface area contributed by atoms with Crippen LogP contribution in [0.25, 0.3) is 0 Å². The first-order valence-electron chi connectivity index (χ1n) is 4.63. The molecule has 0 unspecified atom stereocenters. The van der Waals surface area contributed by atoms with Crippen molar-refractivity contribution in [2.75, 3.05) is 5.21 Å². The number of nitro benzene ring substituents is 1. The van der Waals surface area contributed by atoms with Crippen LogP contribution in [0.1, 0.15) is 11.1 Å². The van der Waals surface area contributed by atoms with E-state index in [0.717, 1.165) is 0 Å². The fourth-order valence-corrected chi connectivity index (χ4v) is 1.97. The Labute approximate surface area is 104 Å². The van der Waals surface area contributed by atoms with Gasteiger partial charge < -0.3 is 0 Å². The monoisotopic (exact) mass is 278 g/mol. The second-order valence-corrected chi connectivity index (χ2v) is 5.75. The zero-order chi connectivity index (χ0) is 13.1. The quantitative estimate of drug-likeness (QED) is 0.502. The lowest BCUT2D eigenvalue weighted by molar-refractivity contribution is -0.385. The summed E-state index contributed by atoms with van der Waals surface area (Å²) in [5, 5.41) is 10.1. The maximum Gasteiger partial charge on any atom is 0.272 e. The molecule has 0 aliphatic rings. The molecule has 0 bridgehead atoms. The zero-order valence-corrected chi connectivity index (χ0v) is 10.6. The van der Waals surface area contributed by atoms with Gasteiger partial charge in [0.05, 0.1) is 4.92 Å². The van der Waals surface area contributed by atoms with Crippen molar-refractivity contribution in [3.05, 3.63) is 39.4 Å². The molecule has 0 amide bonds. The lowest BCUT2D eigenvalue weighted by Gasteiger charge is -2.07. The van der Waals surface area contributed by atoms with E-state index < -0.39 is 20.2 Å². The van der Waals surface area contributed by atoms with Gasteiger partial charge in [-0.2, -0.15) is 0 Å². The minimum atomic E-state index is -3.52. The fourth-order valence-electron chi connectivity index (χ4n) is 1.29. The molecule has 0 saturated carbocycles. The van der Waals surface area contributed by atoms with Gasteiger partial charge >= 0.3 is 0 Å². The molecule has 0 aliphatic heterocycles. The molecule has 1 rings (SSSR count). The van der Waals surface area contributed by atoms with Crippen molar-refractivity contribution in [1.82, 2.24) is 4.72 Å². The van der Waals surface area contributed by atoms with Gasteiger partial charge in [0.25, 0.3) is 5.69 Å². The first-order chi connectivity index (χ1) is 7.87. The molecule has 1 aromatic carbocycles. The van der Waals surface area contributed by atoms with Crippen molar-refractivity contribution in [3.63, 3.8) is 0 Å². The molecule has 0 spiro atoms. The molecule has 0 radical (unpaired) electrons. The third-order valence-electron chi connectivity index (χ3n) is 2.24. The summed E-state index contributed by atoms with van der Waals surface area (Å²) in [7, 11) is -3.52. The Morgan fingerprint density at radius 1 is 1.47 bits per heavy atom. The Bertz CT molecular complexity index is 530. The smallest absolute Gasteiger partial charge is 0.258 e. The van der Waals surface area contributed by atoms with E-state index in [4.69, 9.17) is 11.6 Å². The number of alkyl halides is 1. The highest BCUT2D eigenvalue weighted by Gasteiger charge is 2.14. The molecule has 0 aliphatic carbocycles. The number of rotatable bonds is 5. The standard InChI is InChI=1S/C9H11ClN2O4S/c1-7-8(5-11-17(15,16)6-10)3-2-4-9(7)12(13)14/h2-4,11H,5-6H2,1H3. The molecule has 0 heterocycles. The van der Waals surface area contributed by atoms with E-state index in [1.807, 2.05) is 0 Å². The molecule has 0 atom stereocenters. The fraction of sp³-hybridized carbons (Fsp3) is 0.333. The largest absolute Gasteiger partial charge is 0.272 e. The van der Waals surface area contributed by atoms with Gasteiger partial charge in [-0.3, -0.25) is 10.1 Å². The minimum absolute atomic E-state index is 0.0113. The molecule has 17 heavy (non-hydrogen) atoms. The molecule has 94 valence electrons. The zero-order valence-electron chi connectivity index (χ0n) is 9.01. The van der Waals surface area contributed by atoms with Crippen molar-refractivity contribution >= 4 is 27.3 Å². The van der Waals surface area contributed by atoms with E-state index in [0.29, 0.717) is 11.1 Å². The number of halogens is 1. The van der Waals surface area contributed by atoms with Crippen LogP contribution in [0.15, 0.2) is 18.2 Å². The number of nitrogens with zero attached hydrogens (tertiary/aromatic N) is 1. The second-order valence-electron chi connectivity index (χ2n) is 3.36. The molecule has 0 aromatic heterocycles. The molecule has 0 fully saturated rings. The van der Waals surface area contributed by atoms with Crippen LogP contribution >= 0.6 is 11.6 Å². The van der Waals surface area contributed by atoms with Crippen LogP contribution in [0.2, 0.25) is 0 Å². The highest BCUT2D eigenvalue weighted by atomic mass is 35.5. The Morgan fingerprint density at radius 2 is 2.12 bits per heavy atom.